The standard InChI is InChI=1S/C14H10N2O2/c17-12-8-4-1-5-9(12)13-14(18)16-11-7-3-2-6-10(11)15-13/h1-9H,(H,16,18). The quantitative estimate of drug-likeness (QED) is 0.822. The molecule has 0 radical (unpaired) electrons. The van der Waals surface area contributed by atoms with Crippen LogP contribution in [0, 0.1) is 0 Å². The molecule has 88 valence electrons. The third kappa shape index (κ3) is 1.68. The van der Waals surface area contributed by atoms with Crippen molar-refractivity contribution < 1.29 is 4.79 Å². The molecule has 1 N–H and O–H groups in total. The third-order valence-electron chi connectivity index (χ3n) is 2.90. The highest BCUT2D eigenvalue weighted by atomic mass is 16.1. The fourth-order valence-electron chi connectivity index (χ4n) is 2.00. The van der Waals surface area contributed by atoms with Crippen LogP contribution < -0.4 is 5.56 Å². The first-order chi connectivity index (χ1) is 8.75. The second kappa shape index (κ2) is 4.07. The van der Waals surface area contributed by atoms with Crippen molar-refractivity contribution >= 4 is 16.8 Å². The maximum absolute atomic E-state index is 11.9. The van der Waals surface area contributed by atoms with Gasteiger partial charge in [0, 0.05) is 0 Å². The molecule has 0 saturated carbocycles. The van der Waals surface area contributed by atoms with Gasteiger partial charge < -0.3 is 4.98 Å². The van der Waals surface area contributed by atoms with E-state index >= 15 is 0 Å². The monoisotopic (exact) mass is 238 g/mol. The number of para-hydroxylation sites is 2. The molecule has 0 spiro atoms. The normalized spacial score (nSPS) is 18.4. The number of H-pyrrole nitrogens is 1. The first-order valence-corrected chi connectivity index (χ1v) is 5.63. The lowest BCUT2D eigenvalue weighted by atomic mass is 9.96. The van der Waals surface area contributed by atoms with Gasteiger partial charge in [-0.1, -0.05) is 30.4 Å². The van der Waals surface area contributed by atoms with E-state index in [-0.39, 0.29) is 17.0 Å². The van der Waals surface area contributed by atoms with Crippen LogP contribution >= 0.6 is 0 Å². The number of aromatic nitrogens is 2. The van der Waals surface area contributed by atoms with E-state index in [4.69, 9.17) is 0 Å². The Morgan fingerprint density at radius 3 is 2.78 bits per heavy atom. The molecule has 2 aromatic rings. The summed E-state index contributed by atoms with van der Waals surface area (Å²) >= 11 is 0. The van der Waals surface area contributed by atoms with E-state index in [9.17, 15) is 9.59 Å². The minimum Gasteiger partial charge on any atom is -0.319 e. The smallest absolute Gasteiger partial charge is 0.271 e. The van der Waals surface area contributed by atoms with Crippen molar-refractivity contribution in [3.63, 3.8) is 0 Å². The first kappa shape index (κ1) is 10.7. The number of hydrogen-bond donors (Lipinski definition) is 1. The lowest BCUT2D eigenvalue weighted by molar-refractivity contribution is -0.115. The summed E-state index contributed by atoms with van der Waals surface area (Å²) < 4.78 is 0. The van der Waals surface area contributed by atoms with Crippen LogP contribution in [0.2, 0.25) is 0 Å². The highest BCUT2D eigenvalue weighted by Gasteiger charge is 2.22. The predicted octanol–water partition coefficient (Wildman–Crippen LogP) is 1.70. The Morgan fingerprint density at radius 1 is 1.11 bits per heavy atom. The Kier molecular flexibility index (Phi) is 2.41. The number of benzene rings is 1. The molecule has 1 atom stereocenters. The number of aromatic amines is 1. The number of nitrogens with zero attached hydrogens (tertiary/aromatic N) is 1. The van der Waals surface area contributed by atoms with Gasteiger partial charge >= 0.3 is 0 Å². The van der Waals surface area contributed by atoms with Gasteiger partial charge in [0.2, 0.25) is 0 Å². The number of ketones is 1. The zero-order valence-corrected chi connectivity index (χ0v) is 9.46. The van der Waals surface area contributed by atoms with Crippen LogP contribution in [0.3, 0.4) is 0 Å². The molecule has 0 amide bonds. The molecule has 3 rings (SSSR count). The number of nitrogens with one attached hydrogen (secondary N) is 1. The van der Waals surface area contributed by atoms with Crippen molar-refractivity contribution in [2.75, 3.05) is 0 Å². The predicted molar refractivity (Wildman–Crippen MR) is 68.4 cm³/mol. The topological polar surface area (TPSA) is 62.8 Å². The van der Waals surface area contributed by atoms with Crippen LogP contribution in [0.4, 0.5) is 0 Å². The van der Waals surface area contributed by atoms with Crippen molar-refractivity contribution in [1.29, 1.82) is 0 Å². The summed E-state index contributed by atoms with van der Waals surface area (Å²) in [6.45, 7) is 0. The molecule has 1 aliphatic carbocycles. The molecule has 1 aromatic heterocycles. The average molecular weight is 238 g/mol. The first-order valence-electron chi connectivity index (χ1n) is 5.63. The molecule has 1 aliphatic rings. The van der Waals surface area contributed by atoms with Crippen LogP contribution in [0.25, 0.3) is 11.0 Å². The van der Waals surface area contributed by atoms with Gasteiger partial charge in [0.05, 0.1) is 17.0 Å². The maximum Gasteiger partial charge on any atom is 0.271 e. The largest absolute Gasteiger partial charge is 0.319 e. The molecule has 0 fully saturated rings. The van der Waals surface area contributed by atoms with E-state index in [1.807, 2.05) is 18.2 Å². The average Bonchev–Trinajstić information content (AvgIpc) is 2.39. The summed E-state index contributed by atoms with van der Waals surface area (Å²) in [7, 11) is 0. The Labute approximate surface area is 103 Å². The molecule has 0 bridgehead atoms. The molecule has 1 heterocycles. The van der Waals surface area contributed by atoms with Gasteiger partial charge in [-0.25, -0.2) is 4.98 Å². The van der Waals surface area contributed by atoms with Crippen LogP contribution in [-0.2, 0) is 4.79 Å². The van der Waals surface area contributed by atoms with Crippen LogP contribution in [0.15, 0.2) is 53.4 Å². The summed E-state index contributed by atoms with van der Waals surface area (Å²) in [6, 6.07) is 7.26. The zero-order chi connectivity index (χ0) is 12.5. The van der Waals surface area contributed by atoms with E-state index < -0.39 is 5.92 Å². The molecule has 0 aliphatic heterocycles. The Hall–Kier alpha value is -2.49. The Balaban J connectivity index is 2.20. The number of carbonyl (C=O) groups is 1. The summed E-state index contributed by atoms with van der Waals surface area (Å²) in [5.74, 6) is -0.700. The van der Waals surface area contributed by atoms with E-state index in [1.54, 1.807) is 24.3 Å². The van der Waals surface area contributed by atoms with E-state index in [1.165, 1.54) is 6.08 Å². The van der Waals surface area contributed by atoms with Gasteiger partial charge in [-0.3, -0.25) is 9.59 Å². The minimum atomic E-state index is -0.580. The number of rotatable bonds is 1. The molecule has 0 saturated heterocycles. The van der Waals surface area contributed by atoms with Crippen molar-refractivity contribution in [3.8, 4) is 0 Å². The fraction of sp³-hybridized carbons (Fsp3) is 0.0714. The van der Waals surface area contributed by atoms with E-state index in [2.05, 4.69) is 9.97 Å². The number of carbonyl (C=O) groups excluding carboxylic acids is 1. The molecule has 4 heteroatoms. The summed E-state index contributed by atoms with van der Waals surface area (Å²) in [5, 5.41) is 0. The van der Waals surface area contributed by atoms with Gasteiger partial charge in [-0.05, 0) is 18.2 Å². The van der Waals surface area contributed by atoms with Gasteiger partial charge in [0.25, 0.3) is 5.56 Å². The second-order valence-corrected chi connectivity index (χ2v) is 4.09. The maximum atomic E-state index is 11.9. The van der Waals surface area contributed by atoms with Crippen LogP contribution in [0.5, 0.6) is 0 Å². The highest BCUT2D eigenvalue weighted by Crippen LogP contribution is 2.18. The lowest BCUT2D eigenvalue weighted by Gasteiger charge is -2.10. The second-order valence-electron chi connectivity index (χ2n) is 4.09. The number of allylic oxidation sites excluding steroid dienone is 4. The molecular formula is C14H10N2O2. The van der Waals surface area contributed by atoms with Gasteiger partial charge in [0.1, 0.15) is 5.69 Å². The number of fused-ring (bicyclic) bond motifs is 1. The zero-order valence-electron chi connectivity index (χ0n) is 9.46. The SMILES string of the molecule is O=C1C=CC=CC1c1nc2ccccc2[nH]c1=O. The summed E-state index contributed by atoms with van der Waals surface area (Å²) in [4.78, 5) is 30.7. The van der Waals surface area contributed by atoms with Crippen molar-refractivity contribution in [2.45, 2.75) is 5.92 Å². The summed E-state index contributed by atoms with van der Waals surface area (Å²) in [5.41, 5.74) is 1.29. The van der Waals surface area contributed by atoms with Crippen molar-refractivity contribution in [3.05, 3.63) is 64.6 Å². The van der Waals surface area contributed by atoms with E-state index in [0.29, 0.717) is 11.0 Å². The molecule has 1 unspecified atom stereocenters. The summed E-state index contributed by atoms with van der Waals surface area (Å²) in [6.07, 6.45) is 6.56. The highest BCUT2D eigenvalue weighted by molar-refractivity contribution is 5.98. The van der Waals surface area contributed by atoms with E-state index in [0.717, 1.165) is 0 Å². The third-order valence-corrected chi connectivity index (χ3v) is 2.90. The van der Waals surface area contributed by atoms with Crippen molar-refractivity contribution in [1.82, 2.24) is 9.97 Å². The fourth-order valence-corrected chi connectivity index (χ4v) is 2.00. The van der Waals surface area contributed by atoms with Crippen molar-refractivity contribution in [2.24, 2.45) is 0 Å². The van der Waals surface area contributed by atoms with Gasteiger partial charge in [-0.2, -0.15) is 0 Å². The lowest BCUT2D eigenvalue weighted by Crippen LogP contribution is -2.22. The van der Waals surface area contributed by atoms with Crippen LogP contribution in [0.1, 0.15) is 11.6 Å². The molecule has 18 heavy (non-hydrogen) atoms. The molecule has 1 aromatic carbocycles. The molecular weight excluding hydrogens is 228 g/mol. The van der Waals surface area contributed by atoms with Gasteiger partial charge in [-0.15, -0.1) is 0 Å². The Morgan fingerprint density at radius 2 is 1.94 bits per heavy atom. The molecule has 4 nitrogen and oxygen atoms in total. The Bertz CT molecular complexity index is 741. The minimum absolute atomic E-state index is 0.120. The number of hydrogen-bond acceptors (Lipinski definition) is 3. The van der Waals surface area contributed by atoms with Crippen LogP contribution in [-0.4, -0.2) is 15.8 Å². The van der Waals surface area contributed by atoms with Gasteiger partial charge in [0.15, 0.2) is 5.78 Å².